The molecule has 3 amide bonds. The Morgan fingerprint density at radius 2 is 1.68 bits per heavy atom. The maximum atomic E-state index is 13.2. The van der Waals surface area contributed by atoms with Gasteiger partial charge in [0, 0.05) is 5.02 Å². The molecular weight excluding hydrogens is 467 g/mol. The van der Waals surface area contributed by atoms with Crippen molar-refractivity contribution in [1.82, 2.24) is 0 Å². The van der Waals surface area contributed by atoms with Gasteiger partial charge in [0.25, 0.3) is 17.7 Å². The van der Waals surface area contributed by atoms with Crippen molar-refractivity contribution in [2.45, 2.75) is 0 Å². The highest BCUT2D eigenvalue weighted by molar-refractivity contribution is 6.34. The van der Waals surface area contributed by atoms with E-state index in [0.29, 0.717) is 16.5 Å². The molecule has 0 fully saturated rings. The number of fused-ring (bicyclic) bond motifs is 1. The van der Waals surface area contributed by atoms with E-state index in [1.54, 1.807) is 12.1 Å². The molecule has 0 atom stereocenters. The van der Waals surface area contributed by atoms with Gasteiger partial charge in [-0.05, 0) is 60.7 Å². The minimum atomic E-state index is -0.864. The predicted molar refractivity (Wildman–Crippen MR) is 121 cm³/mol. The van der Waals surface area contributed by atoms with Crippen LogP contribution in [-0.4, -0.2) is 37.4 Å². The largest absolute Gasteiger partial charge is 0.495 e. The zero-order chi connectivity index (χ0) is 24.4. The number of nitrogens with zero attached hydrogens (tertiary/aromatic N) is 1. The molecule has 0 radical (unpaired) electrons. The summed E-state index contributed by atoms with van der Waals surface area (Å²) in [5.74, 6) is -2.89. The lowest BCUT2D eigenvalue weighted by molar-refractivity contribution is -0.119. The van der Waals surface area contributed by atoms with Crippen LogP contribution in [0.15, 0.2) is 60.7 Å². The van der Waals surface area contributed by atoms with E-state index in [2.05, 4.69) is 5.32 Å². The van der Waals surface area contributed by atoms with Crippen LogP contribution in [0, 0.1) is 5.82 Å². The molecule has 0 bridgehead atoms. The monoisotopic (exact) mass is 482 g/mol. The standard InChI is InChI=1S/C24H16ClFN2O6/c1-33-20-9-3-14(25)11-19(20)27-21(29)12-34-24(32)13-2-8-17-18(10-13)23(31)28(22(17)30)16-6-4-15(26)5-7-16/h2-11H,12H2,1H3,(H,27,29). The fourth-order valence-corrected chi connectivity index (χ4v) is 3.54. The molecule has 3 aromatic rings. The van der Waals surface area contributed by atoms with Crippen molar-refractivity contribution in [3.05, 3.63) is 88.2 Å². The maximum absolute atomic E-state index is 13.2. The van der Waals surface area contributed by atoms with Crippen molar-refractivity contribution in [1.29, 1.82) is 0 Å². The highest BCUT2D eigenvalue weighted by atomic mass is 35.5. The summed E-state index contributed by atoms with van der Waals surface area (Å²) in [6.07, 6.45) is 0. The van der Waals surface area contributed by atoms with Crippen LogP contribution >= 0.6 is 11.6 Å². The highest BCUT2D eigenvalue weighted by Gasteiger charge is 2.37. The number of hydrogen-bond donors (Lipinski definition) is 1. The molecule has 1 aliphatic rings. The number of carbonyl (C=O) groups is 4. The van der Waals surface area contributed by atoms with Crippen LogP contribution in [0.5, 0.6) is 5.75 Å². The molecule has 0 aliphatic carbocycles. The average molecular weight is 483 g/mol. The van der Waals surface area contributed by atoms with Crippen LogP contribution in [-0.2, 0) is 9.53 Å². The second-order valence-electron chi connectivity index (χ2n) is 7.15. The molecule has 172 valence electrons. The number of nitrogens with one attached hydrogen (secondary N) is 1. The first kappa shape index (κ1) is 22.9. The summed E-state index contributed by atoms with van der Waals surface area (Å²) >= 11 is 5.93. The van der Waals surface area contributed by atoms with Gasteiger partial charge in [-0.1, -0.05) is 11.6 Å². The number of anilines is 2. The molecule has 0 saturated carbocycles. The number of amides is 3. The lowest BCUT2D eigenvalue weighted by atomic mass is 10.1. The zero-order valence-electron chi connectivity index (χ0n) is 17.6. The summed E-state index contributed by atoms with van der Waals surface area (Å²) in [6, 6.07) is 13.4. The number of hydrogen-bond acceptors (Lipinski definition) is 6. The second-order valence-corrected chi connectivity index (χ2v) is 7.59. The molecule has 0 saturated heterocycles. The van der Waals surface area contributed by atoms with E-state index >= 15 is 0 Å². The molecule has 1 heterocycles. The highest BCUT2D eigenvalue weighted by Crippen LogP contribution is 2.30. The predicted octanol–water partition coefficient (Wildman–Crippen LogP) is 4.08. The van der Waals surface area contributed by atoms with Crippen molar-refractivity contribution >= 4 is 46.7 Å². The molecule has 0 aromatic heterocycles. The number of benzene rings is 3. The van der Waals surface area contributed by atoms with Gasteiger partial charge in [-0.25, -0.2) is 14.1 Å². The minimum Gasteiger partial charge on any atom is -0.495 e. The molecule has 3 aromatic carbocycles. The summed E-state index contributed by atoms with van der Waals surface area (Å²) in [4.78, 5) is 51.0. The van der Waals surface area contributed by atoms with E-state index in [1.165, 1.54) is 43.5 Å². The molecular formula is C24H16ClFN2O6. The van der Waals surface area contributed by atoms with Crippen molar-refractivity contribution in [2.75, 3.05) is 23.9 Å². The maximum Gasteiger partial charge on any atom is 0.338 e. The van der Waals surface area contributed by atoms with Gasteiger partial charge in [0.15, 0.2) is 6.61 Å². The van der Waals surface area contributed by atoms with E-state index in [0.717, 1.165) is 17.0 Å². The number of methoxy groups -OCH3 is 1. The fraction of sp³-hybridized carbons (Fsp3) is 0.0833. The lowest BCUT2D eigenvalue weighted by Gasteiger charge is -2.13. The number of carbonyl (C=O) groups excluding carboxylic acids is 4. The number of halogens is 2. The smallest absolute Gasteiger partial charge is 0.338 e. The van der Waals surface area contributed by atoms with Gasteiger partial charge in [-0.2, -0.15) is 0 Å². The van der Waals surface area contributed by atoms with Crippen LogP contribution in [0.1, 0.15) is 31.1 Å². The lowest BCUT2D eigenvalue weighted by Crippen LogP contribution is -2.29. The zero-order valence-corrected chi connectivity index (χ0v) is 18.4. The molecule has 8 nitrogen and oxygen atoms in total. The number of ether oxygens (including phenoxy) is 2. The molecule has 1 aliphatic heterocycles. The molecule has 0 unspecified atom stereocenters. The van der Waals surface area contributed by atoms with Gasteiger partial charge < -0.3 is 14.8 Å². The molecule has 34 heavy (non-hydrogen) atoms. The number of esters is 1. The Morgan fingerprint density at radius 1 is 0.971 bits per heavy atom. The Kier molecular flexibility index (Phi) is 6.29. The van der Waals surface area contributed by atoms with E-state index < -0.39 is 36.1 Å². The average Bonchev–Trinajstić information content (AvgIpc) is 3.07. The van der Waals surface area contributed by atoms with Crippen molar-refractivity contribution in [3.8, 4) is 5.75 Å². The Hall–Kier alpha value is -4.24. The van der Waals surface area contributed by atoms with E-state index in [-0.39, 0.29) is 22.4 Å². The van der Waals surface area contributed by atoms with Gasteiger partial charge in [0.05, 0.1) is 35.2 Å². The van der Waals surface area contributed by atoms with Crippen LogP contribution < -0.4 is 15.0 Å². The molecule has 4 rings (SSSR count). The van der Waals surface area contributed by atoms with Gasteiger partial charge >= 0.3 is 5.97 Å². The first-order valence-electron chi connectivity index (χ1n) is 9.87. The Bertz CT molecular complexity index is 1330. The van der Waals surface area contributed by atoms with E-state index in [9.17, 15) is 23.6 Å². The summed E-state index contributed by atoms with van der Waals surface area (Å²) in [7, 11) is 1.43. The minimum absolute atomic E-state index is 0.00288. The van der Waals surface area contributed by atoms with Crippen molar-refractivity contribution in [3.63, 3.8) is 0 Å². The van der Waals surface area contributed by atoms with Gasteiger partial charge in [0.1, 0.15) is 11.6 Å². The summed E-state index contributed by atoms with van der Waals surface area (Å²) in [5, 5.41) is 2.91. The molecule has 10 heteroatoms. The van der Waals surface area contributed by atoms with E-state index in [4.69, 9.17) is 21.1 Å². The Labute approximate surface area is 197 Å². The topological polar surface area (TPSA) is 102 Å². The molecule has 1 N–H and O–H groups in total. The quantitative estimate of drug-likeness (QED) is 0.419. The van der Waals surface area contributed by atoms with Crippen LogP contribution in [0.25, 0.3) is 0 Å². The van der Waals surface area contributed by atoms with Crippen molar-refractivity contribution < 1.29 is 33.0 Å². The Morgan fingerprint density at radius 3 is 2.38 bits per heavy atom. The third-order valence-corrected chi connectivity index (χ3v) is 5.21. The normalized spacial score (nSPS) is 12.4. The second kappa shape index (κ2) is 9.32. The van der Waals surface area contributed by atoms with Gasteiger partial charge in [-0.15, -0.1) is 0 Å². The number of rotatable bonds is 6. The summed E-state index contributed by atoms with van der Waals surface area (Å²) in [5.41, 5.74) is 0.575. The SMILES string of the molecule is COc1ccc(Cl)cc1NC(=O)COC(=O)c1ccc2c(c1)C(=O)N(c1ccc(F)cc1)C2=O. The van der Waals surface area contributed by atoms with Gasteiger partial charge in [0.2, 0.25) is 0 Å². The van der Waals surface area contributed by atoms with Crippen LogP contribution in [0.3, 0.4) is 0 Å². The van der Waals surface area contributed by atoms with Crippen LogP contribution in [0.2, 0.25) is 5.02 Å². The van der Waals surface area contributed by atoms with Crippen LogP contribution in [0.4, 0.5) is 15.8 Å². The first-order chi connectivity index (χ1) is 16.3. The van der Waals surface area contributed by atoms with Gasteiger partial charge in [-0.3, -0.25) is 14.4 Å². The van der Waals surface area contributed by atoms with Crippen molar-refractivity contribution in [2.24, 2.45) is 0 Å². The number of imide groups is 1. The van der Waals surface area contributed by atoms with E-state index in [1.807, 2.05) is 0 Å². The molecule has 0 spiro atoms. The first-order valence-corrected chi connectivity index (χ1v) is 10.2. The summed E-state index contributed by atoms with van der Waals surface area (Å²) in [6.45, 7) is -0.611. The Balaban J connectivity index is 1.45. The fourth-order valence-electron chi connectivity index (χ4n) is 3.37. The summed E-state index contributed by atoms with van der Waals surface area (Å²) < 4.78 is 23.4. The third kappa shape index (κ3) is 4.46. The third-order valence-electron chi connectivity index (χ3n) is 4.98.